The molecule has 0 aromatic carbocycles. The number of unbranched alkanes of at least 4 members (excludes halogenated alkanes) is 13. The van der Waals surface area contributed by atoms with E-state index in [2.05, 4.69) is 6.92 Å². The number of hydrogen-bond acceptors (Lipinski definition) is 5. The van der Waals surface area contributed by atoms with Gasteiger partial charge in [-0.25, -0.2) is 4.79 Å². The molecule has 0 aromatic rings. The Morgan fingerprint density at radius 3 is 1.79 bits per heavy atom. The minimum atomic E-state index is -1.01. The van der Waals surface area contributed by atoms with Gasteiger partial charge in [0.25, 0.3) is 0 Å². The molecule has 0 aromatic heterocycles. The van der Waals surface area contributed by atoms with E-state index in [-0.39, 0.29) is 12.6 Å². The summed E-state index contributed by atoms with van der Waals surface area (Å²) >= 11 is 0. The van der Waals surface area contributed by atoms with Gasteiger partial charge in [-0.1, -0.05) is 90.4 Å². The van der Waals surface area contributed by atoms with Crippen LogP contribution >= 0.6 is 0 Å². The molecule has 28 heavy (non-hydrogen) atoms. The standard InChI is InChI=1S/C23H44O5/c1-2-3-4-5-6-7-8-9-10-11-12-13-14-15-16-23(17-18-28-23)22(26)27-20-21(25)19-24/h21,24-25H,2-20H2,1H3. The van der Waals surface area contributed by atoms with Crippen LogP contribution in [0.5, 0.6) is 0 Å². The molecule has 1 fully saturated rings. The second-order valence-electron chi connectivity index (χ2n) is 8.37. The van der Waals surface area contributed by atoms with Crippen molar-refractivity contribution in [3.63, 3.8) is 0 Å². The van der Waals surface area contributed by atoms with E-state index in [0.29, 0.717) is 19.4 Å². The maximum Gasteiger partial charge on any atom is 0.338 e. The number of aliphatic hydroxyl groups is 2. The molecule has 1 aliphatic heterocycles. The van der Waals surface area contributed by atoms with Crippen LogP contribution in [0.4, 0.5) is 0 Å². The zero-order valence-corrected chi connectivity index (χ0v) is 18.1. The van der Waals surface area contributed by atoms with Crippen molar-refractivity contribution in [1.29, 1.82) is 0 Å². The second kappa shape index (κ2) is 16.2. The van der Waals surface area contributed by atoms with Gasteiger partial charge >= 0.3 is 5.97 Å². The molecule has 0 saturated carbocycles. The van der Waals surface area contributed by atoms with Crippen LogP contribution in [-0.4, -0.2) is 47.7 Å². The number of esters is 1. The summed E-state index contributed by atoms with van der Waals surface area (Å²) in [6.07, 6.45) is 18.7. The Morgan fingerprint density at radius 1 is 0.929 bits per heavy atom. The summed E-state index contributed by atoms with van der Waals surface area (Å²) in [5, 5.41) is 18.1. The van der Waals surface area contributed by atoms with Gasteiger partial charge in [-0.15, -0.1) is 0 Å². The van der Waals surface area contributed by atoms with Crippen molar-refractivity contribution in [2.24, 2.45) is 0 Å². The molecule has 0 aliphatic carbocycles. The average molecular weight is 401 g/mol. The molecule has 2 unspecified atom stereocenters. The van der Waals surface area contributed by atoms with Crippen molar-refractivity contribution in [3.05, 3.63) is 0 Å². The summed E-state index contributed by atoms with van der Waals surface area (Å²) in [5.41, 5.74) is -0.799. The van der Waals surface area contributed by atoms with Crippen molar-refractivity contribution in [1.82, 2.24) is 0 Å². The molecule has 0 amide bonds. The highest BCUT2D eigenvalue weighted by Crippen LogP contribution is 2.33. The number of carbonyl (C=O) groups excluding carboxylic acids is 1. The first-order valence-corrected chi connectivity index (χ1v) is 11.7. The molecular weight excluding hydrogens is 356 g/mol. The fourth-order valence-corrected chi connectivity index (χ4v) is 3.77. The van der Waals surface area contributed by atoms with E-state index in [4.69, 9.17) is 14.6 Å². The number of rotatable bonds is 19. The number of ether oxygens (including phenoxy) is 2. The van der Waals surface area contributed by atoms with Crippen molar-refractivity contribution in [2.45, 2.75) is 121 Å². The Bertz CT molecular complexity index is 381. The lowest BCUT2D eigenvalue weighted by Gasteiger charge is -2.39. The maximum atomic E-state index is 12.2. The van der Waals surface area contributed by atoms with Crippen LogP contribution in [-0.2, 0) is 14.3 Å². The Hall–Kier alpha value is -0.650. The van der Waals surface area contributed by atoms with Crippen LogP contribution in [0.2, 0.25) is 0 Å². The van der Waals surface area contributed by atoms with Crippen LogP contribution in [0.3, 0.4) is 0 Å². The Balaban J connectivity index is 1.94. The van der Waals surface area contributed by atoms with Crippen molar-refractivity contribution < 1.29 is 24.5 Å². The van der Waals surface area contributed by atoms with Gasteiger partial charge in [0, 0.05) is 6.42 Å². The molecule has 1 aliphatic rings. The first-order valence-electron chi connectivity index (χ1n) is 11.7. The lowest BCUT2D eigenvalue weighted by molar-refractivity contribution is -0.204. The van der Waals surface area contributed by atoms with Gasteiger partial charge in [-0.2, -0.15) is 0 Å². The smallest absolute Gasteiger partial charge is 0.338 e. The Kier molecular flexibility index (Phi) is 14.7. The molecule has 5 nitrogen and oxygen atoms in total. The fourth-order valence-electron chi connectivity index (χ4n) is 3.77. The lowest BCUT2D eigenvalue weighted by atomic mass is 9.88. The van der Waals surface area contributed by atoms with E-state index >= 15 is 0 Å². The van der Waals surface area contributed by atoms with Crippen molar-refractivity contribution >= 4 is 5.97 Å². The molecule has 2 atom stereocenters. The predicted octanol–water partition coefficient (Wildman–Crippen LogP) is 4.91. The third kappa shape index (κ3) is 10.8. The van der Waals surface area contributed by atoms with E-state index in [1.165, 1.54) is 77.0 Å². The van der Waals surface area contributed by atoms with E-state index in [1.807, 2.05) is 0 Å². The quantitative estimate of drug-likeness (QED) is 0.238. The average Bonchev–Trinajstić information content (AvgIpc) is 2.67. The Morgan fingerprint density at radius 2 is 1.39 bits per heavy atom. The van der Waals surface area contributed by atoms with E-state index in [9.17, 15) is 9.90 Å². The first kappa shape index (κ1) is 25.4. The molecule has 2 N–H and O–H groups in total. The van der Waals surface area contributed by atoms with Crippen LogP contribution in [0.25, 0.3) is 0 Å². The van der Waals surface area contributed by atoms with Gasteiger partial charge in [0.15, 0.2) is 5.60 Å². The largest absolute Gasteiger partial charge is 0.461 e. The van der Waals surface area contributed by atoms with Gasteiger partial charge < -0.3 is 19.7 Å². The van der Waals surface area contributed by atoms with Gasteiger partial charge in [0.2, 0.25) is 0 Å². The molecule has 1 saturated heterocycles. The zero-order valence-electron chi connectivity index (χ0n) is 18.1. The van der Waals surface area contributed by atoms with Gasteiger partial charge in [-0.05, 0) is 12.8 Å². The third-order valence-electron chi connectivity index (χ3n) is 5.81. The van der Waals surface area contributed by atoms with E-state index in [1.54, 1.807) is 0 Å². The zero-order chi connectivity index (χ0) is 20.5. The minimum absolute atomic E-state index is 0.167. The highest BCUT2D eigenvalue weighted by molar-refractivity contribution is 5.80. The predicted molar refractivity (Wildman–Crippen MR) is 112 cm³/mol. The van der Waals surface area contributed by atoms with Gasteiger partial charge in [-0.3, -0.25) is 0 Å². The SMILES string of the molecule is CCCCCCCCCCCCCCCCC1(C(=O)OCC(O)CO)CCO1. The summed E-state index contributed by atoms with van der Waals surface area (Å²) in [4.78, 5) is 12.2. The minimum Gasteiger partial charge on any atom is -0.461 e. The fraction of sp³-hybridized carbons (Fsp3) is 0.957. The second-order valence-corrected chi connectivity index (χ2v) is 8.37. The molecule has 0 radical (unpaired) electrons. The third-order valence-corrected chi connectivity index (χ3v) is 5.81. The number of carbonyl (C=O) groups is 1. The van der Waals surface area contributed by atoms with Crippen LogP contribution in [0.15, 0.2) is 0 Å². The molecular formula is C23H44O5. The number of aliphatic hydroxyl groups excluding tert-OH is 2. The highest BCUT2D eigenvalue weighted by atomic mass is 16.6. The molecule has 166 valence electrons. The topological polar surface area (TPSA) is 76.0 Å². The lowest BCUT2D eigenvalue weighted by Crippen LogP contribution is -2.52. The number of hydrogen-bond donors (Lipinski definition) is 2. The van der Waals surface area contributed by atoms with Crippen molar-refractivity contribution in [2.75, 3.05) is 19.8 Å². The van der Waals surface area contributed by atoms with Gasteiger partial charge in [0.1, 0.15) is 12.7 Å². The van der Waals surface area contributed by atoms with E-state index in [0.717, 1.165) is 12.8 Å². The normalized spacial score (nSPS) is 20.0. The molecule has 0 spiro atoms. The van der Waals surface area contributed by atoms with Crippen LogP contribution < -0.4 is 0 Å². The summed E-state index contributed by atoms with van der Waals surface area (Å²) in [6, 6.07) is 0. The molecule has 1 heterocycles. The Labute approximate surface area is 172 Å². The summed E-state index contributed by atoms with van der Waals surface area (Å²) in [7, 11) is 0. The first-order chi connectivity index (χ1) is 13.6. The highest BCUT2D eigenvalue weighted by Gasteiger charge is 2.46. The maximum absolute atomic E-state index is 12.2. The van der Waals surface area contributed by atoms with Crippen LogP contribution in [0.1, 0.15) is 110 Å². The monoisotopic (exact) mass is 400 g/mol. The summed E-state index contributed by atoms with van der Waals surface area (Å²) in [6.45, 7) is 2.29. The molecule has 5 heteroatoms. The summed E-state index contributed by atoms with van der Waals surface area (Å²) in [5.74, 6) is -0.388. The van der Waals surface area contributed by atoms with Crippen molar-refractivity contribution in [3.8, 4) is 0 Å². The van der Waals surface area contributed by atoms with E-state index < -0.39 is 18.3 Å². The van der Waals surface area contributed by atoms with Crippen LogP contribution in [0, 0.1) is 0 Å². The molecule has 0 bridgehead atoms. The van der Waals surface area contributed by atoms with Gasteiger partial charge in [0.05, 0.1) is 13.2 Å². The summed E-state index contributed by atoms with van der Waals surface area (Å²) < 4.78 is 10.6. The molecule has 1 rings (SSSR count).